The van der Waals surface area contributed by atoms with Crippen LogP contribution in [0.1, 0.15) is 87.8 Å². The van der Waals surface area contributed by atoms with Gasteiger partial charge in [0.25, 0.3) is 0 Å². The molecular weight excluding hydrogens is 512 g/mol. The van der Waals surface area contributed by atoms with Crippen LogP contribution >= 0.6 is 11.8 Å². The summed E-state index contributed by atoms with van der Waals surface area (Å²) in [7, 11) is 0. The maximum Gasteiger partial charge on any atom is 0.306 e. The Morgan fingerprint density at radius 3 is 1.33 bits per heavy atom. The molecule has 0 heterocycles. The Morgan fingerprint density at radius 2 is 1.05 bits per heavy atom. The van der Waals surface area contributed by atoms with E-state index in [0.29, 0.717) is 37.2 Å². The molecule has 7 heteroatoms. The van der Waals surface area contributed by atoms with Gasteiger partial charge in [0.15, 0.2) is 0 Å². The summed E-state index contributed by atoms with van der Waals surface area (Å²) in [5.41, 5.74) is 5.37. The summed E-state index contributed by atoms with van der Waals surface area (Å²) in [6, 6.07) is 11.6. The Bertz CT molecular complexity index is 1030. The van der Waals surface area contributed by atoms with Crippen molar-refractivity contribution < 1.29 is 30.0 Å². The third-order valence-electron chi connectivity index (χ3n) is 7.19. The molecule has 6 nitrogen and oxygen atoms in total. The molecule has 2 aromatic rings. The van der Waals surface area contributed by atoms with Gasteiger partial charge in [-0.3, -0.25) is 9.59 Å². The molecule has 2 atom stereocenters. The normalized spacial score (nSPS) is 13.7. The number of carboxylic acid groups (broad SMARTS) is 2. The summed E-state index contributed by atoms with van der Waals surface area (Å²) < 4.78 is 0. The topological polar surface area (TPSA) is 115 Å². The van der Waals surface area contributed by atoms with Crippen molar-refractivity contribution in [1.29, 1.82) is 0 Å². The number of hydrogen-bond donors (Lipinski definition) is 4. The SMILES string of the molecule is CC(C)(C)c1cc(CC(CCSCCC(Cc2ccc(CO)c(C(C)(C)C)c2)C(=O)O)C(=O)O)ccc1CO. The lowest BCUT2D eigenvalue weighted by atomic mass is 9.82. The highest BCUT2D eigenvalue weighted by atomic mass is 32.2. The molecule has 0 radical (unpaired) electrons. The zero-order chi connectivity index (χ0) is 29.4. The van der Waals surface area contributed by atoms with Gasteiger partial charge >= 0.3 is 11.9 Å². The highest BCUT2D eigenvalue weighted by Crippen LogP contribution is 2.30. The second kappa shape index (κ2) is 14.3. The minimum atomic E-state index is -0.830. The Morgan fingerprint density at radius 1 is 0.692 bits per heavy atom. The van der Waals surface area contributed by atoms with Crippen molar-refractivity contribution in [2.45, 2.75) is 91.3 Å². The summed E-state index contributed by atoms with van der Waals surface area (Å²) in [6.45, 7) is 12.4. The monoisotopic (exact) mass is 558 g/mol. The molecule has 2 rings (SSSR count). The standard InChI is InChI=1S/C32H46O6S/c1-31(2,3)27-17-21(7-9-25(27)19-33)15-23(29(35)36)11-13-39-14-12-24(30(37)38)16-22-8-10-26(20-34)28(18-22)32(4,5)6/h7-10,17-18,23-24,33-34H,11-16,19-20H2,1-6H3,(H,35,36)(H,37,38). The van der Waals surface area contributed by atoms with Crippen LogP contribution in [0.4, 0.5) is 0 Å². The van der Waals surface area contributed by atoms with Crippen molar-refractivity contribution in [3.05, 3.63) is 69.8 Å². The third-order valence-corrected chi connectivity index (χ3v) is 8.24. The van der Waals surface area contributed by atoms with Crippen molar-refractivity contribution in [3.63, 3.8) is 0 Å². The lowest BCUT2D eigenvalue weighted by Gasteiger charge is -2.24. The molecule has 2 unspecified atom stereocenters. The van der Waals surface area contributed by atoms with E-state index < -0.39 is 23.8 Å². The van der Waals surface area contributed by atoms with Crippen LogP contribution in [-0.2, 0) is 46.5 Å². The largest absolute Gasteiger partial charge is 0.481 e. The van der Waals surface area contributed by atoms with Gasteiger partial charge in [0, 0.05) is 0 Å². The molecule has 0 aromatic heterocycles. The predicted octanol–water partition coefficient (Wildman–Crippen LogP) is 5.97. The Labute approximate surface area is 237 Å². The van der Waals surface area contributed by atoms with Crippen LogP contribution in [0, 0.1) is 11.8 Å². The molecule has 0 aliphatic carbocycles. The van der Waals surface area contributed by atoms with Gasteiger partial charge in [-0.05, 0) is 81.4 Å². The molecule has 0 spiro atoms. The first kappa shape index (κ1) is 32.9. The maximum atomic E-state index is 12.0. The summed E-state index contributed by atoms with van der Waals surface area (Å²) in [5, 5.41) is 39.0. The van der Waals surface area contributed by atoms with Crippen molar-refractivity contribution in [1.82, 2.24) is 0 Å². The van der Waals surface area contributed by atoms with Crippen molar-refractivity contribution in [2.75, 3.05) is 11.5 Å². The van der Waals surface area contributed by atoms with Crippen LogP contribution in [0.25, 0.3) is 0 Å². The molecule has 2 aromatic carbocycles. The highest BCUT2D eigenvalue weighted by Gasteiger charge is 2.24. The molecule has 0 saturated heterocycles. The van der Waals surface area contributed by atoms with Crippen LogP contribution in [0.3, 0.4) is 0 Å². The minimum Gasteiger partial charge on any atom is -0.481 e. The van der Waals surface area contributed by atoms with E-state index in [1.165, 1.54) is 0 Å². The number of hydrogen-bond acceptors (Lipinski definition) is 5. The molecule has 0 bridgehead atoms. The average molecular weight is 559 g/mol. The van der Waals surface area contributed by atoms with E-state index in [2.05, 4.69) is 41.5 Å². The molecule has 0 saturated carbocycles. The quantitative estimate of drug-likeness (QED) is 0.211. The van der Waals surface area contributed by atoms with Crippen molar-refractivity contribution >= 4 is 23.7 Å². The Balaban J connectivity index is 1.96. The van der Waals surface area contributed by atoms with Crippen LogP contribution in [-0.4, -0.2) is 43.9 Å². The molecule has 216 valence electrons. The summed E-state index contributed by atoms with van der Waals surface area (Å²) in [6.07, 6.45) is 1.84. The van der Waals surface area contributed by atoms with Crippen LogP contribution in [0.2, 0.25) is 0 Å². The van der Waals surface area contributed by atoms with Gasteiger partial charge in [-0.1, -0.05) is 77.9 Å². The lowest BCUT2D eigenvalue weighted by Crippen LogP contribution is -2.20. The van der Waals surface area contributed by atoms with Gasteiger partial charge in [0.2, 0.25) is 0 Å². The number of benzene rings is 2. The van der Waals surface area contributed by atoms with E-state index in [1.54, 1.807) is 11.8 Å². The summed E-state index contributed by atoms with van der Waals surface area (Å²) >= 11 is 1.60. The van der Waals surface area contributed by atoms with Crippen LogP contribution in [0.5, 0.6) is 0 Å². The van der Waals surface area contributed by atoms with Gasteiger partial charge in [0.05, 0.1) is 25.0 Å². The first-order chi connectivity index (χ1) is 18.2. The number of carboxylic acids is 2. The summed E-state index contributed by atoms with van der Waals surface area (Å²) in [5.74, 6) is -1.43. The molecule has 0 aliphatic rings. The van der Waals surface area contributed by atoms with Crippen LogP contribution in [0.15, 0.2) is 36.4 Å². The van der Waals surface area contributed by atoms with Gasteiger partial charge in [-0.15, -0.1) is 0 Å². The van der Waals surface area contributed by atoms with Crippen LogP contribution < -0.4 is 0 Å². The number of aliphatic carboxylic acids is 2. The van der Waals surface area contributed by atoms with Gasteiger partial charge in [-0.25, -0.2) is 0 Å². The zero-order valence-electron chi connectivity index (χ0n) is 24.3. The molecule has 0 fully saturated rings. The maximum absolute atomic E-state index is 12.0. The van der Waals surface area contributed by atoms with E-state index in [-0.39, 0.29) is 24.0 Å². The Kier molecular flexibility index (Phi) is 12.1. The smallest absolute Gasteiger partial charge is 0.306 e. The van der Waals surface area contributed by atoms with E-state index in [4.69, 9.17) is 0 Å². The Hall–Kier alpha value is -2.35. The van der Waals surface area contributed by atoms with E-state index in [1.807, 2.05) is 36.4 Å². The van der Waals surface area contributed by atoms with E-state index in [9.17, 15) is 30.0 Å². The number of thioether (sulfide) groups is 1. The lowest BCUT2D eigenvalue weighted by molar-refractivity contribution is -0.142. The highest BCUT2D eigenvalue weighted by molar-refractivity contribution is 7.99. The fourth-order valence-electron chi connectivity index (χ4n) is 4.92. The molecule has 4 N–H and O–H groups in total. The molecule has 0 aliphatic heterocycles. The molecular formula is C32H46O6S. The van der Waals surface area contributed by atoms with Gasteiger partial charge in [-0.2, -0.15) is 11.8 Å². The second-order valence-electron chi connectivity index (χ2n) is 12.5. The summed E-state index contributed by atoms with van der Waals surface area (Å²) in [4.78, 5) is 23.9. The number of rotatable bonds is 14. The van der Waals surface area contributed by atoms with Crippen molar-refractivity contribution in [3.8, 4) is 0 Å². The number of aliphatic hydroxyl groups excluding tert-OH is 2. The first-order valence-electron chi connectivity index (χ1n) is 13.7. The minimum absolute atomic E-state index is 0.0467. The van der Waals surface area contributed by atoms with Crippen molar-refractivity contribution in [2.24, 2.45) is 11.8 Å². The number of carbonyl (C=O) groups is 2. The van der Waals surface area contributed by atoms with Gasteiger partial charge < -0.3 is 20.4 Å². The zero-order valence-corrected chi connectivity index (χ0v) is 25.1. The average Bonchev–Trinajstić information content (AvgIpc) is 2.85. The predicted molar refractivity (Wildman–Crippen MR) is 158 cm³/mol. The first-order valence-corrected chi connectivity index (χ1v) is 14.8. The third kappa shape index (κ3) is 9.96. The fourth-order valence-corrected chi connectivity index (χ4v) is 6.03. The second-order valence-corrected chi connectivity index (χ2v) is 13.7. The van der Waals surface area contributed by atoms with Gasteiger partial charge in [0.1, 0.15) is 0 Å². The molecule has 39 heavy (non-hydrogen) atoms. The fraction of sp³-hybridized carbons (Fsp3) is 0.562. The number of aliphatic hydroxyl groups is 2. The molecule has 0 amide bonds. The van der Waals surface area contributed by atoms with E-state index >= 15 is 0 Å². The van der Waals surface area contributed by atoms with E-state index in [0.717, 1.165) is 33.4 Å².